The van der Waals surface area contributed by atoms with E-state index in [1.165, 1.54) is 0 Å². The lowest BCUT2D eigenvalue weighted by molar-refractivity contribution is -0.143. The molecule has 0 bridgehead atoms. The fraction of sp³-hybridized carbons (Fsp3) is 0.619. The number of nitrogens with one attached hydrogen (secondary N) is 1. The molecule has 2 fully saturated rings. The summed E-state index contributed by atoms with van der Waals surface area (Å²) in [5.74, 6) is 1.20. The lowest BCUT2D eigenvalue weighted by atomic mass is 9.93. The lowest BCUT2D eigenvalue weighted by Crippen LogP contribution is -2.59. The molecule has 2 atom stereocenters. The van der Waals surface area contributed by atoms with E-state index in [4.69, 9.17) is 4.74 Å². The molecule has 0 radical (unpaired) electrons. The summed E-state index contributed by atoms with van der Waals surface area (Å²) in [5.41, 5.74) is 0. The summed E-state index contributed by atoms with van der Waals surface area (Å²) >= 11 is 0. The number of ether oxygens (including phenoxy) is 1. The third kappa shape index (κ3) is 5.01. The van der Waals surface area contributed by atoms with Crippen LogP contribution in [0.25, 0.3) is 0 Å². The number of nitrogens with zero attached hydrogens (tertiary/aromatic N) is 2. The monoisotopic (exact) mass is 373 g/mol. The van der Waals surface area contributed by atoms with Gasteiger partial charge in [0.05, 0.1) is 13.0 Å². The van der Waals surface area contributed by atoms with E-state index in [0.717, 1.165) is 31.7 Å². The SMILES string of the molecule is CC1NCCN(C(=O)C2CCN(C(=O)CCOc3ccccc3)CC2)C1C. The maximum atomic E-state index is 12.9. The predicted molar refractivity (Wildman–Crippen MR) is 104 cm³/mol. The molecule has 148 valence electrons. The van der Waals surface area contributed by atoms with Crippen LogP contribution in [0.3, 0.4) is 0 Å². The highest BCUT2D eigenvalue weighted by Gasteiger charge is 2.34. The van der Waals surface area contributed by atoms with E-state index in [-0.39, 0.29) is 23.8 Å². The van der Waals surface area contributed by atoms with Gasteiger partial charge in [-0.1, -0.05) is 18.2 Å². The quantitative estimate of drug-likeness (QED) is 0.856. The zero-order valence-electron chi connectivity index (χ0n) is 16.4. The van der Waals surface area contributed by atoms with Crippen molar-refractivity contribution in [1.29, 1.82) is 0 Å². The van der Waals surface area contributed by atoms with Crippen LogP contribution in [0.1, 0.15) is 33.1 Å². The molecule has 1 N–H and O–H groups in total. The van der Waals surface area contributed by atoms with Gasteiger partial charge in [-0.25, -0.2) is 0 Å². The summed E-state index contributed by atoms with van der Waals surface area (Å²) in [4.78, 5) is 29.2. The maximum Gasteiger partial charge on any atom is 0.226 e. The van der Waals surface area contributed by atoms with Crippen molar-refractivity contribution in [2.24, 2.45) is 5.92 Å². The van der Waals surface area contributed by atoms with Crippen LogP contribution < -0.4 is 10.1 Å². The van der Waals surface area contributed by atoms with Gasteiger partial charge in [-0.3, -0.25) is 9.59 Å². The van der Waals surface area contributed by atoms with E-state index < -0.39 is 0 Å². The number of piperazine rings is 1. The smallest absolute Gasteiger partial charge is 0.226 e. The Labute approximate surface area is 161 Å². The van der Waals surface area contributed by atoms with Crippen molar-refractivity contribution in [1.82, 2.24) is 15.1 Å². The molecular formula is C21H31N3O3. The number of carbonyl (C=O) groups excluding carboxylic acids is 2. The summed E-state index contributed by atoms with van der Waals surface area (Å²) in [5, 5.41) is 3.41. The van der Waals surface area contributed by atoms with Gasteiger partial charge in [-0.05, 0) is 38.8 Å². The van der Waals surface area contributed by atoms with Crippen LogP contribution in [0.15, 0.2) is 30.3 Å². The van der Waals surface area contributed by atoms with Gasteiger partial charge < -0.3 is 19.9 Å². The molecule has 0 spiro atoms. The molecule has 3 rings (SSSR count). The first-order chi connectivity index (χ1) is 13.1. The van der Waals surface area contributed by atoms with Crippen molar-refractivity contribution in [3.05, 3.63) is 30.3 Å². The number of para-hydroxylation sites is 1. The number of hydrogen-bond acceptors (Lipinski definition) is 4. The summed E-state index contributed by atoms with van der Waals surface area (Å²) in [6.07, 6.45) is 1.89. The van der Waals surface area contributed by atoms with Crippen molar-refractivity contribution < 1.29 is 14.3 Å². The number of rotatable bonds is 5. The average molecular weight is 373 g/mol. The van der Waals surface area contributed by atoms with Crippen LogP contribution in [0.5, 0.6) is 5.75 Å². The van der Waals surface area contributed by atoms with E-state index in [0.29, 0.717) is 32.2 Å². The minimum Gasteiger partial charge on any atom is -0.493 e. The Morgan fingerprint density at radius 3 is 2.52 bits per heavy atom. The van der Waals surface area contributed by atoms with Crippen LogP contribution in [-0.2, 0) is 9.59 Å². The Morgan fingerprint density at radius 2 is 1.81 bits per heavy atom. The van der Waals surface area contributed by atoms with Crippen LogP contribution in [0, 0.1) is 5.92 Å². The summed E-state index contributed by atoms with van der Waals surface area (Å²) in [7, 11) is 0. The fourth-order valence-electron chi connectivity index (χ4n) is 3.91. The number of carbonyl (C=O) groups is 2. The van der Waals surface area contributed by atoms with Crippen molar-refractivity contribution in [2.45, 2.75) is 45.2 Å². The Balaban J connectivity index is 1.41. The van der Waals surface area contributed by atoms with E-state index >= 15 is 0 Å². The normalized spacial score (nSPS) is 23.9. The van der Waals surface area contributed by atoms with Crippen LogP contribution in [-0.4, -0.2) is 66.5 Å². The molecule has 2 aliphatic heterocycles. The molecular weight excluding hydrogens is 342 g/mol. The maximum absolute atomic E-state index is 12.9. The number of hydrogen-bond donors (Lipinski definition) is 1. The van der Waals surface area contributed by atoms with Gasteiger partial charge >= 0.3 is 0 Å². The third-order valence-electron chi connectivity index (χ3n) is 5.84. The Morgan fingerprint density at radius 1 is 1.11 bits per heavy atom. The highest BCUT2D eigenvalue weighted by Crippen LogP contribution is 2.23. The van der Waals surface area contributed by atoms with E-state index in [1.54, 1.807) is 0 Å². The summed E-state index contributed by atoms with van der Waals surface area (Å²) < 4.78 is 5.61. The third-order valence-corrected chi connectivity index (χ3v) is 5.84. The molecule has 1 aromatic rings. The molecule has 2 amide bonds. The highest BCUT2D eigenvalue weighted by atomic mass is 16.5. The van der Waals surface area contributed by atoms with Gasteiger partial charge in [-0.2, -0.15) is 0 Å². The van der Waals surface area contributed by atoms with Gasteiger partial charge in [0.25, 0.3) is 0 Å². The Hall–Kier alpha value is -2.08. The van der Waals surface area contributed by atoms with E-state index in [2.05, 4.69) is 19.2 Å². The minimum atomic E-state index is 0.0439. The predicted octanol–water partition coefficient (Wildman–Crippen LogP) is 1.90. The molecule has 27 heavy (non-hydrogen) atoms. The van der Waals surface area contributed by atoms with E-state index in [9.17, 15) is 9.59 Å². The van der Waals surface area contributed by atoms with Crippen molar-refractivity contribution in [3.8, 4) is 5.75 Å². The number of likely N-dealkylation sites (tertiary alicyclic amines) is 1. The Kier molecular flexibility index (Phi) is 6.72. The van der Waals surface area contributed by atoms with Crippen molar-refractivity contribution >= 4 is 11.8 Å². The van der Waals surface area contributed by atoms with Crippen molar-refractivity contribution in [2.75, 3.05) is 32.8 Å². The van der Waals surface area contributed by atoms with Gasteiger partial charge in [0, 0.05) is 44.2 Å². The molecule has 2 aliphatic rings. The van der Waals surface area contributed by atoms with Gasteiger partial charge in [0.2, 0.25) is 11.8 Å². The van der Waals surface area contributed by atoms with Crippen molar-refractivity contribution in [3.63, 3.8) is 0 Å². The highest BCUT2D eigenvalue weighted by molar-refractivity contribution is 5.80. The first-order valence-corrected chi connectivity index (χ1v) is 10.1. The molecule has 1 aromatic carbocycles. The zero-order chi connectivity index (χ0) is 19.2. The molecule has 2 saturated heterocycles. The second-order valence-corrected chi connectivity index (χ2v) is 7.58. The fourth-order valence-corrected chi connectivity index (χ4v) is 3.91. The van der Waals surface area contributed by atoms with Gasteiger partial charge in [0.1, 0.15) is 5.75 Å². The lowest BCUT2D eigenvalue weighted by Gasteiger charge is -2.41. The topological polar surface area (TPSA) is 61.9 Å². The molecule has 0 saturated carbocycles. The molecule has 2 heterocycles. The Bertz CT molecular complexity index is 629. The largest absolute Gasteiger partial charge is 0.493 e. The van der Waals surface area contributed by atoms with Gasteiger partial charge in [0.15, 0.2) is 0 Å². The standard InChI is InChI=1S/C21H31N3O3/c1-16-17(2)24(14-11-22-16)21(26)18-8-12-23(13-9-18)20(25)10-15-27-19-6-4-3-5-7-19/h3-7,16-18,22H,8-15H2,1-2H3. The number of benzene rings is 1. The van der Waals surface area contributed by atoms with Crippen LogP contribution >= 0.6 is 0 Å². The summed E-state index contributed by atoms with van der Waals surface area (Å²) in [6, 6.07) is 10.1. The molecule has 0 aromatic heterocycles. The number of amides is 2. The average Bonchev–Trinajstić information content (AvgIpc) is 2.70. The molecule has 6 heteroatoms. The second-order valence-electron chi connectivity index (χ2n) is 7.58. The first kappa shape index (κ1) is 19.7. The first-order valence-electron chi connectivity index (χ1n) is 10.1. The second kappa shape index (κ2) is 9.22. The van der Waals surface area contributed by atoms with Gasteiger partial charge in [-0.15, -0.1) is 0 Å². The molecule has 0 aliphatic carbocycles. The zero-order valence-corrected chi connectivity index (χ0v) is 16.4. The molecule has 6 nitrogen and oxygen atoms in total. The molecule has 2 unspecified atom stereocenters. The van der Waals surface area contributed by atoms with E-state index in [1.807, 2.05) is 40.1 Å². The van der Waals surface area contributed by atoms with Crippen LogP contribution in [0.2, 0.25) is 0 Å². The number of piperidine rings is 1. The summed E-state index contributed by atoms with van der Waals surface area (Å²) in [6.45, 7) is 7.59. The van der Waals surface area contributed by atoms with Crippen LogP contribution in [0.4, 0.5) is 0 Å². The minimum absolute atomic E-state index is 0.0439.